The fourth-order valence-electron chi connectivity index (χ4n) is 3.15. The highest BCUT2D eigenvalue weighted by atomic mass is 79.9. The lowest BCUT2D eigenvalue weighted by molar-refractivity contribution is 0.0305. The number of nitrogens with zero attached hydrogens (tertiary/aromatic N) is 1. The lowest BCUT2D eigenvalue weighted by atomic mass is 10.0. The molecule has 0 amide bonds. The molecule has 2 heterocycles. The molecule has 0 aromatic heterocycles. The third kappa shape index (κ3) is 3.02. The third-order valence-electron chi connectivity index (χ3n) is 4.45. The number of ether oxygens (including phenoxy) is 1. The predicted octanol–water partition coefficient (Wildman–Crippen LogP) is 3.10. The highest BCUT2D eigenvalue weighted by Gasteiger charge is 2.33. The van der Waals surface area contributed by atoms with Gasteiger partial charge in [0.05, 0.1) is 12.2 Å². The maximum Gasteiger partial charge on any atom is 0.0755 e. The molecule has 4 heteroatoms. The number of halogens is 1. The quantitative estimate of drug-likeness (QED) is 0.916. The summed E-state index contributed by atoms with van der Waals surface area (Å²) in [5.41, 5.74) is 8.65. The summed E-state index contributed by atoms with van der Waals surface area (Å²) in [5, 5.41) is 0. The molecule has 1 aromatic carbocycles. The monoisotopic (exact) mass is 338 g/mol. The van der Waals surface area contributed by atoms with Crippen molar-refractivity contribution in [2.24, 2.45) is 5.73 Å². The molecule has 2 saturated heterocycles. The topological polar surface area (TPSA) is 38.5 Å². The number of hydrogen-bond acceptors (Lipinski definition) is 3. The van der Waals surface area contributed by atoms with Crippen LogP contribution in [0.5, 0.6) is 0 Å². The number of fused-ring (bicyclic) bond motifs is 2. The fourth-order valence-corrected chi connectivity index (χ4v) is 3.68. The Hall–Kier alpha value is -0.580. The molecule has 0 aliphatic carbocycles. The van der Waals surface area contributed by atoms with Gasteiger partial charge in [0, 0.05) is 29.3 Å². The maximum absolute atomic E-state index is 6.05. The molecule has 110 valence electrons. The molecule has 20 heavy (non-hydrogen) atoms. The summed E-state index contributed by atoms with van der Waals surface area (Å²) in [6.45, 7) is 4.18. The van der Waals surface area contributed by atoms with Gasteiger partial charge in [-0.15, -0.1) is 0 Å². The molecular weight excluding hydrogens is 316 g/mol. The molecule has 2 fully saturated rings. The lowest BCUT2D eigenvalue weighted by Crippen LogP contribution is -2.42. The normalized spacial score (nSPS) is 26.9. The first-order chi connectivity index (χ1) is 9.65. The Balaban J connectivity index is 1.73. The Morgan fingerprint density at radius 2 is 2.05 bits per heavy atom. The summed E-state index contributed by atoms with van der Waals surface area (Å²) in [6, 6.07) is 6.93. The van der Waals surface area contributed by atoms with Gasteiger partial charge in [-0.1, -0.05) is 28.9 Å². The molecule has 2 aliphatic rings. The molecule has 2 N–H and O–H groups in total. The van der Waals surface area contributed by atoms with E-state index in [0.29, 0.717) is 12.2 Å². The Kier molecular flexibility index (Phi) is 4.34. The summed E-state index contributed by atoms with van der Waals surface area (Å²) in [5.74, 6) is 0. The van der Waals surface area contributed by atoms with E-state index in [0.717, 1.165) is 25.9 Å². The highest BCUT2D eigenvalue weighted by Crippen LogP contribution is 2.32. The minimum absolute atomic E-state index is 0.247. The maximum atomic E-state index is 6.05. The van der Waals surface area contributed by atoms with Crippen LogP contribution in [-0.4, -0.2) is 31.3 Å². The summed E-state index contributed by atoms with van der Waals surface area (Å²) in [6.07, 6.45) is 5.24. The van der Waals surface area contributed by atoms with Crippen LogP contribution >= 0.6 is 15.9 Å². The average Bonchev–Trinajstić information content (AvgIpc) is 2.79. The van der Waals surface area contributed by atoms with Gasteiger partial charge >= 0.3 is 0 Å². The van der Waals surface area contributed by atoms with E-state index in [1.807, 2.05) is 0 Å². The molecule has 1 aromatic rings. The molecule has 3 atom stereocenters. The Morgan fingerprint density at radius 1 is 1.35 bits per heavy atom. The molecule has 3 rings (SSSR count). The summed E-state index contributed by atoms with van der Waals surface area (Å²) < 4.78 is 7.08. The predicted molar refractivity (Wildman–Crippen MR) is 86.2 cm³/mol. The van der Waals surface area contributed by atoms with Crippen LogP contribution in [0.2, 0.25) is 0 Å². The second-order valence-corrected chi connectivity index (χ2v) is 6.86. The SMILES string of the molecule is CCC(N)Cc1ccc(N2CC3CCC(C2)O3)cc1Br. The number of benzene rings is 1. The Bertz CT molecular complexity index is 468. The van der Waals surface area contributed by atoms with Gasteiger partial charge in [0.2, 0.25) is 0 Å². The third-order valence-corrected chi connectivity index (χ3v) is 5.19. The van der Waals surface area contributed by atoms with Crippen molar-refractivity contribution in [2.45, 2.75) is 50.9 Å². The van der Waals surface area contributed by atoms with E-state index in [4.69, 9.17) is 10.5 Å². The standard InChI is InChI=1S/C16H23BrN2O/c1-2-12(18)7-11-3-4-13(8-16(11)17)19-9-14-5-6-15(10-19)20-14/h3-4,8,12,14-15H,2,5-7,9-10,18H2,1H3. The first kappa shape index (κ1) is 14.4. The van der Waals surface area contributed by atoms with Crippen LogP contribution in [-0.2, 0) is 11.2 Å². The van der Waals surface area contributed by atoms with Crippen molar-refractivity contribution in [1.82, 2.24) is 0 Å². The van der Waals surface area contributed by atoms with E-state index < -0.39 is 0 Å². The van der Waals surface area contributed by atoms with Gasteiger partial charge in [0.25, 0.3) is 0 Å². The van der Waals surface area contributed by atoms with E-state index in [1.54, 1.807) is 0 Å². The van der Waals surface area contributed by atoms with Crippen LogP contribution in [0.3, 0.4) is 0 Å². The molecule has 3 nitrogen and oxygen atoms in total. The van der Waals surface area contributed by atoms with Gasteiger partial charge in [-0.3, -0.25) is 0 Å². The van der Waals surface area contributed by atoms with Crippen molar-refractivity contribution in [3.05, 3.63) is 28.2 Å². The van der Waals surface area contributed by atoms with Gasteiger partial charge in [0.1, 0.15) is 0 Å². The van der Waals surface area contributed by atoms with E-state index in [1.165, 1.54) is 28.6 Å². The van der Waals surface area contributed by atoms with Crippen LogP contribution < -0.4 is 10.6 Å². The van der Waals surface area contributed by atoms with Crippen LogP contribution in [0.25, 0.3) is 0 Å². The number of hydrogen-bond donors (Lipinski definition) is 1. The van der Waals surface area contributed by atoms with Gasteiger partial charge < -0.3 is 15.4 Å². The number of anilines is 1. The van der Waals surface area contributed by atoms with Gasteiger partial charge in [-0.05, 0) is 43.4 Å². The molecule has 0 saturated carbocycles. The van der Waals surface area contributed by atoms with E-state index >= 15 is 0 Å². The van der Waals surface area contributed by atoms with Crippen LogP contribution in [0.4, 0.5) is 5.69 Å². The minimum Gasteiger partial charge on any atom is -0.371 e. The molecule has 3 unspecified atom stereocenters. The van der Waals surface area contributed by atoms with Crippen molar-refractivity contribution in [3.63, 3.8) is 0 Å². The van der Waals surface area contributed by atoms with Crippen molar-refractivity contribution in [3.8, 4) is 0 Å². The van der Waals surface area contributed by atoms with Gasteiger partial charge in [0.15, 0.2) is 0 Å². The first-order valence-corrected chi connectivity index (χ1v) is 8.39. The van der Waals surface area contributed by atoms with Crippen molar-refractivity contribution in [2.75, 3.05) is 18.0 Å². The van der Waals surface area contributed by atoms with Crippen molar-refractivity contribution >= 4 is 21.6 Å². The lowest BCUT2D eigenvalue weighted by Gasteiger charge is -2.34. The molecule has 2 bridgehead atoms. The smallest absolute Gasteiger partial charge is 0.0755 e. The number of nitrogens with two attached hydrogens (primary N) is 1. The number of morpholine rings is 1. The second-order valence-electron chi connectivity index (χ2n) is 6.01. The Morgan fingerprint density at radius 3 is 2.65 bits per heavy atom. The van der Waals surface area contributed by atoms with E-state index in [2.05, 4.69) is 46.0 Å². The summed E-state index contributed by atoms with van der Waals surface area (Å²) in [4.78, 5) is 2.46. The average molecular weight is 339 g/mol. The van der Waals surface area contributed by atoms with Crippen molar-refractivity contribution < 1.29 is 4.74 Å². The molecular formula is C16H23BrN2O. The van der Waals surface area contributed by atoms with Crippen molar-refractivity contribution in [1.29, 1.82) is 0 Å². The van der Waals surface area contributed by atoms with Crippen LogP contribution in [0.1, 0.15) is 31.7 Å². The zero-order valence-corrected chi connectivity index (χ0v) is 13.6. The van der Waals surface area contributed by atoms with Crippen LogP contribution in [0.15, 0.2) is 22.7 Å². The zero-order chi connectivity index (χ0) is 14.1. The van der Waals surface area contributed by atoms with Gasteiger partial charge in [-0.25, -0.2) is 0 Å². The zero-order valence-electron chi connectivity index (χ0n) is 12.0. The van der Waals surface area contributed by atoms with E-state index in [-0.39, 0.29) is 6.04 Å². The fraction of sp³-hybridized carbons (Fsp3) is 0.625. The number of rotatable bonds is 4. The second kappa shape index (κ2) is 6.04. The Labute approximate surface area is 129 Å². The largest absolute Gasteiger partial charge is 0.371 e. The van der Waals surface area contributed by atoms with Crippen LogP contribution in [0, 0.1) is 0 Å². The molecule has 2 aliphatic heterocycles. The summed E-state index contributed by atoms with van der Waals surface area (Å²) in [7, 11) is 0. The highest BCUT2D eigenvalue weighted by molar-refractivity contribution is 9.10. The minimum atomic E-state index is 0.247. The van der Waals surface area contributed by atoms with E-state index in [9.17, 15) is 0 Å². The molecule has 0 spiro atoms. The first-order valence-electron chi connectivity index (χ1n) is 7.60. The van der Waals surface area contributed by atoms with Gasteiger partial charge in [-0.2, -0.15) is 0 Å². The molecule has 0 radical (unpaired) electrons. The summed E-state index contributed by atoms with van der Waals surface area (Å²) >= 11 is 3.70.